The van der Waals surface area contributed by atoms with E-state index < -0.39 is 0 Å². The van der Waals surface area contributed by atoms with E-state index in [1.807, 2.05) is 0 Å². The number of hydrogen-bond donors (Lipinski definition) is 0. The van der Waals surface area contributed by atoms with Crippen LogP contribution in [0.5, 0.6) is 0 Å². The minimum atomic E-state index is 0.443. The highest BCUT2D eigenvalue weighted by Gasteiger charge is 2.63. The first-order valence-corrected chi connectivity index (χ1v) is 9.17. The largest absolute Gasteiger partial charge is 0.0597 e. The van der Waals surface area contributed by atoms with Gasteiger partial charge in [0.2, 0.25) is 0 Å². The van der Waals surface area contributed by atoms with Gasteiger partial charge in [0.25, 0.3) is 0 Å². The van der Waals surface area contributed by atoms with Gasteiger partial charge in [0.1, 0.15) is 0 Å². The van der Waals surface area contributed by atoms with Crippen LogP contribution < -0.4 is 0 Å². The van der Waals surface area contributed by atoms with Crippen LogP contribution in [0.4, 0.5) is 0 Å². The fourth-order valence-electron chi connectivity index (χ4n) is 5.82. The Morgan fingerprint density at radius 1 is 0.850 bits per heavy atom. The fraction of sp³-hybridized carbons (Fsp3) is 1.00. The summed E-state index contributed by atoms with van der Waals surface area (Å²) in [4.78, 5) is 0. The lowest BCUT2D eigenvalue weighted by Gasteiger charge is -2.40. The second kappa shape index (κ2) is 4.50. The molecule has 3 fully saturated rings. The van der Waals surface area contributed by atoms with Gasteiger partial charge in [-0.05, 0) is 72.0 Å². The summed E-state index contributed by atoms with van der Waals surface area (Å²) in [5.41, 5.74) is 1.64. The van der Waals surface area contributed by atoms with Crippen molar-refractivity contribution in [1.29, 1.82) is 0 Å². The number of rotatable bonds is 2. The molecule has 3 rings (SSSR count). The van der Waals surface area contributed by atoms with E-state index in [1.165, 1.54) is 38.5 Å². The van der Waals surface area contributed by atoms with Crippen LogP contribution in [0.1, 0.15) is 86.5 Å². The highest BCUT2D eigenvalue weighted by atomic mass is 14.7. The summed E-state index contributed by atoms with van der Waals surface area (Å²) in [5, 5.41) is 0. The topological polar surface area (TPSA) is 0 Å². The Bertz CT molecular complexity index is 366. The third kappa shape index (κ3) is 2.17. The number of hydrogen-bond acceptors (Lipinski definition) is 0. The van der Waals surface area contributed by atoms with E-state index in [1.54, 1.807) is 6.42 Å². The Labute approximate surface area is 127 Å². The molecule has 0 aromatic heterocycles. The van der Waals surface area contributed by atoms with E-state index in [4.69, 9.17) is 0 Å². The van der Waals surface area contributed by atoms with Crippen LogP contribution in [0.15, 0.2) is 0 Å². The normalized spacial score (nSPS) is 42.6. The molecule has 0 aliphatic heterocycles. The third-order valence-electron chi connectivity index (χ3n) is 8.19. The molecule has 0 aromatic carbocycles. The number of fused-ring (bicyclic) bond motifs is 1. The van der Waals surface area contributed by atoms with Gasteiger partial charge in [-0.3, -0.25) is 0 Å². The third-order valence-corrected chi connectivity index (χ3v) is 8.19. The Hall–Kier alpha value is 0. The molecule has 116 valence electrons. The smallest absolute Gasteiger partial charge is 0.0272 e. The summed E-state index contributed by atoms with van der Waals surface area (Å²) in [6, 6.07) is 0. The van der Waals surface area contributed by atoms with Gasteiger partial charge in [-0.1, -0.05) is 54.4 Å². The van der Waals surface area contributed by atoms with E-state index in [0.29, 0.717) is 16.2 Å². The highest BCUT2D eigenvalue weighted by molar-refractivity contribution is 5.12. The fourth-order valence-corrected chi connectivity index (χ4v) is 5.82. The van der Waals surface area contributed by atoms with Crippen LogP contribution in [-0.4, -0.2) is 0 Å². The summed E-state index contributed by atoms with van der Waals surface area (Å²) in [6.45, 7) is 15.1. The first kappa shape index (κ1) is 14.9. The summed E-state index contributed by atoms with van der Waals surface area (Å²) >= 11 is 0. The van der Waals surface area contributed by atoms with Crippen molar-refractivity contribution < 1.29 is 0 Å². The van der Waals surface area contributed by atoms with Gasteiger partial charge in [-0.25, -0.2) is 0 Å². The first-order valence-electron chi connectivity index (χ1n) is 9.17. The van der Waals surface area contributed by atoms with Gasteiger partial charge in [0.05, 0.1) is 0 Å². The lowest BCUT2D eigenvalue weighted by molar-refractivity contribution is 0.0859. The van der Waals surface area contributed by atoms with Gasteiger partial charge < -0.3 is 0 Å². The maximum Gasteiger partial charge on any atom is -0.0272 e. The highest BCUT2D eigenvalue weighted by Crippen LogP contribution is 2.70. The van der Waals surface area contributed by atoms with Crippen LogP contribution in [-0.2, 0) is 0 Å². The molecule has 0 N–H and O–H groups in total. The lowest BCUT2D eigenvalue weighted by Crippen LogP contribution is -2.33. The Morgan fingerprint density at radius 3 is 2.00 bits per heavy atom. The molecule has 0 saturated heterocycles. The summed E-state index contributed by atoms with van der Waals surface area (Å²) in [6.07, 6.45) is 10.7. The van der Waals surface area contributed by atoms with Crippen molar-refractivity contribution in [3.63, 3.8) is 0 Å². The van der Waals surface area contributed by atoms with Gasteiger partial charge in [-0.15, -0.1) is 0 Å². The first-order chi connectivity index (χ1) is 9.17. The molecule has 0 amide bonds. The summed E-state index contributed by atoms with van der Waals surface area (Å²) < 4.78 is 0. The average molecular weight is 277 g/mol. The minimum absolute atomic E-state index is 0.443. The molecule has 3 aliphatic rings. The molecule has 0 bridgehead atoms. The van der Waals surface area contributed by atoms with Crippen LogP contribution in [0, 0.1) is 39.9 Å². The molecular weight excluding hydrogens is 240 g/mol. The molecule has 0 aromatic rings. The molecule has 4 unspecified atom stereocenters. The summed E-state index contributed by atoms with van der Waals surface area (Å²) in [7, 11) is 0. The standard InChI is InChI=1S/C20H36/c1-18(2,3)19(4,5)17-15-11-12-20(6,13-16(15)17)14-9-7-8-10-14/h14-17H,7-13H2,1-6H3. The van der Waals surface area contributed by atoms with Crippen LogP contribution in [0.2, 0.25) is 0 Å². The van der Waals surface area contributed by atoms with E-state index in [9.17, 15) is 0 Å². The van der Waals surface area contributed by atoms with Crippen LogP contribution in [0.25, 0.3) is 0 Å². The maximum atomic E-state index is 2.64. The van der Waals surface area contributed by atoms with Crippen molar-refractivity contribution in [3.8, 4) is 0 Å². The van der Waals surface area contributed by atoms with Gasteiger partial charge in [0, 0.05) is 0 Å². The maximum absolute atomic E-state index is 2.64. The van der Waals surface area contributed by atoms with Crippen molar-refractivity contribution in [2.75, 3.05) is 0 Å². The Morgan fingerprint density at radius 2 is 1.45 bits per heavy atom. The molecule has 0 nitrogen and oxygen atoms in total. The van der Waals surface area contributed by atoms with E-state index in [-0.39, 0.29) is 0 Å². The quantitative estimate of drug-likeness (QED) is 0.555. The predicted octanol–water partition coefficient (Wildman–Crippen LogP) is 6.30. The minimum Gasteiger partial charge on any atom is -0.0597 e. The molecule has 0 radical (unpaired) electrons. The van der Waals surface area contributed by atoms with Crippen molar-refractivity contribution >= 4 is 0 Å². The summed E-state index contributed by atoms with van der Waals surface area (Å²) in [5.74, 6) is 4.19. The molecule has 4 atom stereocenters. The predicted molar refractivity (Wildman–Crippen MR) is 87.6 cm³/mol. The van der Waals surface area contributed by atoms with Crippen molar-refractivity contribution in [3.05, 3.63) is 0 Å². The molecule has 3 aliphatic carbocycles. The molecule has 0 heterocycles. The van der Waals surface area contributed by atoms with Gasteiger partial charge in [0.15, 0.2) is 0 Å². The SMILES string of the molecule is CC1(C2CCCC2)CCC2C(C1)C2C(C)(C)C(C)(C)C. The molecule has 0 heteroatoms. The zero-order chi connectivity index (χ0) is 14.8. The zero-order valence-electron chi connectivity index (χ0n) is 14.8. The average Bonchev–Trinajstić information content (AvgIpc) is 2.79. The van der Waals surface area contributed by atoms with E-state index in [0.717, 1.165) is 23.7 Å². The molecule has 20 heavy (non-hydrogen) atoms. The molecule has 0 spiro atoms. The monoisotopic (exact) mass is 276 g/mol. The Balaban J connectivity index is 1.71. The van der Waals surface area contributed by atoms with Crippen LogP contribution in [0.3, 0.4) is 0 Å². The van der Waals surface area contributed by atoms with E-state index in [2.05, 4.69) is 41.5 Å². The van der Waals surface area contributed by atoms with Gasteiger partial charge >= 0.3 is 0 Å². The zero-order valence-corrected chi connectivity index (χ0v) is 14.8. The second-order valence-electron chi connectivity index (χ2n) is 10.2. The molecule has 3 saturated carbocycles. The van der Waals surface area contributed by atoms with E-state index >= 15 is 0 Å². The van der Waals surface area contributed by atoms with Crippen molar-refractivity contribution in [2.45, 2.75) is 86.5 Å². The second-order valence-corrected chi connectivity index (χ2v) is 10.2. The Kier molecular flexibility index (Phi) is 3.35. The van der Waals surface area contributed by atoms with Crippen LogP contribution >= 0.6 is 0 Å². The lowest BCUT2D eigenvalue weighted by atomic mass is 9.64. The van der Waals surface area contributed by atoms with Crippen molar-refractivity contribution in [1.82, 2.24) is 0 Å². The van der Waals surface area contributed by atoms with Crippen molar-refractivity contribution in [2.24, 2.45) is 39.9 Å². The van der Waals surface area contributed by atoms with Gasteiger partial charge in [-0.2, -0.15) is 0 Å². The molecular formula is C20H36.